The van der Waals surface area contributed by atoms with E-state index < -0.39 is 0 Å². The molecule has 0 unspecified atom stereocenters. The predicted octanol–water partition coefficient (Wildman–Crippen LogP) is 4.46. The van der Waals surface area contributed by atoms with E-state index in [-0.39, 0.29) is 6.04 Å². The van der Waals surface area contributed by atoms with Crippen LogP contribution in [0.15, 0.2) is 42.5 Å². The maximum atomic E-state index is 5.53. The summed E-state index contributed by atoms with van der Waals surface area (Å²) in [6, 6.07) is 14.3. The van der Waals surface area contributed by atoms with Gasteiger partial charge in [-0.1, -0.05) is 12.1 Å². The molecule has 1 aliphatic carbocycles. The second-order valence-electron chi connectivity index (χ2n) is 6.07. The van der Waals surface area contributed by atoms with Crippen molar-refractivity contribution >= 4 is 23.0 Å². The van der Waals surface area contributed by atoms with E-state index >= 15 is 0 Å². The molecular formula is C20H24N2O2S. The molecule has 0 aliphatic heterocycles. The molecule has 25 heavy (non-hydrogen) atoms. The Kier molecular flexibility index (Phi) is 5.76. The summed E-state index contributed by atoms with van der Waals surface area (Å²) in [5.41, 5.74) is 3.57. The lowest BCUT2D eigenvalue weighted by Crippen LogP contribution is -2.34. The van der Waals surface area contributed by atoms with Crippen molar-refractivity contribution in [3.8, 4) is 11.5 Å². The number of rotatable bonds is 5. The third kappa shape index (κ3) is 4.42. The SMILES string of the molecule is CCOc1cccc(NC(=S)N[C@@H]2CCCc3cc(OC)ccc32)c1. The zero-order valence-corrected chi connectivity index (χ0v) is 15.5. The van der Waals surface area contributed by atoms with Gasteiger partial charge in [-0.2, -0.15) is 0 Å². The molecule has 3 rings (SSSR count). The maximum absolute atomic E-state index is 5.53. The van der Waals surface area contributed by atoms with Crippen molar-refractivity contribution in [1.82, 2.24) is 5.32 Å². The Morgan fingerprint density at radius 1 is 1.20 bits per heavy atom. The molecule has 0 spiro atoms. The summed E-state index contributed by atoms with van der Waals surface area (Å²) in [4.78, 5) is 0. The molecule has 2 aromatic carbocycles. The zero-order valence-electron chi connectivity index (χ0n) is 14.7. The molecule has 0 amide bonds. The quantitative estimate of drug-likeness (QED) is 0.775. The molecule has 2 aromatic rings. The Hall–Kier alpha value is -2.27. The first-order valence-electron chi connectivity index (χ1n) is 8.66. The van der Waals surface area contributed by atoms with Crippen LogP contribution in [-0.2, 0) is 6.42 Å². The van der Waals surface area contributed by atoms with Crippen molar-refractivity contribution in [3.05, 3.63) is 53.6 Å². The molecule has 0 bridgehead atoms. The molecular weight excluding hydrogens is 332 g/mol. The van der Waals surface area contributed by atoms with Crippen LogP contribution in [0, 0.1) is 0 Å². The van der Waals surface area contributed by atoms with Gasteiger partial charge in [-0.15, -0.1) is 0 Å². The number of hydrogen-bond acceptors (Lipinski definition) is 3. The number of aryl methyl sites for hydroxylation is 1. The number of ether oxygens (including phenoxy) is 2. The van der Waals surface area contributed by atoms with Crippen LogP contribution < -0.4 is 20.1 Å². The topological polar surface area (TPSA) is 42.5 Å². The van der Waals surface area contributed by atoms with Gasteiger partial charge in [0, 0.05) is 11.8 Å². The highest BCUT2D eigenvalue weighted by Gasteiger charge is 2.21. The molecule has 0 saturated heterocycles. The van der Waals surface area contributed by atoms with Gasteiger partial charge in [-0.25, -0.2) is 0 Å². The standard InChI is InChI=1S/C20H24N2O2S/c1-3-24-17-8-5-7-15(13-17)21-20(25)22-19-9-4-6-14-12-16(23-2)10-11-18(14)19/h5,7-8,10-13,19H,3-4,6,9H2,1-2H3,(H2,21,22,25)/t19-/m1/s1. The highest BCUT2D eigenvalue weighted by atomic mass is 32.1. The van der Waals surface area contributed by atoms with E-state index in [4.69, 9.17) is 21.7 Å². The Bertz CT molecular complexity index is 748. The highest BCUT2D eigenvalue weighted by Crippen LogP contribution is 2.32. The lowest BCUT2D eigenvalue weighted by molar-refractivity contribution is 0.340. The lowest BCUT2D eigenvalue weighted by atomic mass is 9.87. The van der Waals surface area contributed by atoms with Crippen molar-refractivity contribution < 1.29 is 9.47 Å². The van der Waals surface area contributed by atoms with E-state index in [0.717, 1.165) is 36.4 Å². The number of benzene rings is 2. The molecule has 0 aromatic heterocycles. The van der Waals surface area contributed by atoms with Gasteiger partial charge in [-0.05, 0) is 73.8 Å². The number of methoxy groups -OCH3 is 1. The number of thiocarbonyl (C=S) groups is 1. The van der Waals surface area contributed by atoms with Gasteiger partial charge in [0.2, 0.25) is 0 Å². The fourth-order valence-corrected chi connectivity index (χ4v) is 3.48. The van der Waals surface area contributed by atoms with Crippen LogP contribution in [0.2, 0.25) is 0 Å². The average Bonchev–Trinajstić information content (AvgIpc) is 2.62. The van der Waals surface area contributed by atoms with Crippen molar-refractivity contribution in [2.24, 2.45) is 0 Å². The molecule has 4 nitrogen and oxygen atoms in total. The number of anilines is 1. The summed E-state index contributed by atoms with van der Waals surface area (Å²) in [5, 5.41) is 7.34. The van der Waals surface area contributed by atoms with Crippen LogP contribution in [0.5, 0.6) is 11.5 Å². The largest absolute Gasteiger partial charge is 0.497 e. The number of fused-ring (bicyclic) bond motifs is 1. The van der Waals surface area contributed by atoms with Gasteiger partial charge in [0.25, 0.3) is 0 Å². The van der Waals surface area contributed by atoms with E-state index in [9.17, 15) is 0 Å². The summed E-state index contributed by atoms with van der Waals surface area (Å²) in [6.07, 6.45) is 3.29. The first-order valence-corrected chi connectivity index (χ1v) is 9.07. The molecule has 0 fully saturated rings. The van der Waals surface area contributed by atoms with E-state index in [0.29, 0.717) is 11.7 Å². The molecule has 132 valence electrons. The third-order valence-electron chi connectivity index (χ3n) is 4.37. The normalized spacial score (nSPS) is 15.8. The van der Waals surface area contributed by atoms with Crippen LogP contribution >= 0.6 is 12.2 Å². The summed E-state index contributed by atoms with van der Waals surface area (Å²) >= 11 is 5.51. The first kappa shape index (κ1) is 17.5. The number of nitrogens with one attached hydrogen (secondary N) is 2. The third-order valence-corrected chi connectivity index (χ3v) is 4.59. The minimum absolute atomic E-state index is 0.227. The van der Waals surface area contributed by atoms with Gasteiger partial charge < -0.3 is 20.1 Å². The van der Waals surface area contributed by atoms with Crippen molar-refractivity contribution in [1.29, 1.82) is 0 Å². The summed E-state index contributed by atoms with van der Waals surface area (Å²) < 4.78 is 10.9. The molecule has 1 atom stereocenters. The fraction of sp³-hybridized carbons (Fsp3) is 0.350. The highest BCUT2D eigenvalue weighted by molar-refractivity contribution is 7.80. The second kappa shape index (κ2) is 8.21. The number of hydrogen-bond donors (Lipinski definition) is 2. The summed E-state index contributed by atoms with van der Waals surface area (Å²) in [5.74, 6) is 1.75. The van der Waals surface area contributed by atoms with Crippen LogP contribution in [0.4, 0.5) is 5.69 Å². The zero-order chi connectivity index (χ0) is 17.6. The van der Waals surface area contributed by atoms with Crippen LogP contribution in [0.25, 0.3) is 0 Å². The molecule has 1 aliphatic rings. The van der Waals surface area contributed by atoms with Crippen LogP contribution in [0.1, 0.15) is 36.9 Å². The summed E-state index contributed by atoms with van der Waals surface area (Å²) in [6.45, 7) is 2.62. The Balaban J connectivity index is 1.67. The van der Waals surface area contributed by atoms with Gasteiger partial charge in [0.1, 0.15) is 11.5 Å². The molecule has 5 heteroatoms. The molecule has 2 N–H and O–H groups in total. The minimum Gasteiger partial charge on any atom is -0.497 e. The molecule has 0 heterocycles. The smallest absolute Gasteiger partial charge is 0.171 e. The van der Waals surface area contributed by atoms with Crippen molar-refractivity contribution in [2.45, 2.75) is 32.2 Å². The van der Waals surface area contributed by atoms with Crippen LogP contribution in [-0.4, -0.2) is 18.8 Å². The van der Waals surface area contributed by atoms with Gasteiger partial charge in [-0.3, -0.25) is 0 Å². The van der Waals surface area contributed by atoms with E-state index in [1.807, 2.05) is 37.3 Å². The van der Waals surface area contributed by atoms with E-state index in [1.165, 1.54) is 11.1 Å². The van der Waals surface area contributed by atoms with Gasteiger partial charge in [0.15, 0.2) is 5.11 Å². The molecule has 0 saturated carbocycles. The Morgan fingerprint density at radius 2 is 2.08 bits per heavy atom. The Morgan fingerprint density at radius 3 is 2.88 bits per heavy atom. The minimum atomic E-state index is 0.227. The lowest BCUT2D eigenvalue weighted by Gasteiger charge is -2.28. The van der Waals surface area contributed by atoms with Crippen molar-refractivity contribution in [3.63, 3.8) is 0 Å². The molecule has 0 radical (unpaired) electrons. The monoisotopic (exact) mass is 356 g/mol. The average molecular weight is 356 g/mol. The maximum Gasteiger partial charge on any atom is 0.171 e. The van der Waals surface area contributed by atoms with Crippen LogP contribution in [0.3, 0.4) is 0 Å². The predicted molar refractivity (Wildman–Crippen MR) is 106 cm³/mol. The summed E-state index contributed by atoms with van der Waals surface area (Å²) in [7, 11) is 1.70. The fourth-order valence-electron chi connectivity index (χ4n) is 3.22. The van der Waals surface area contributed by atoms with E-state index in [1.54, 1.807) is 7.11 Å². The first-order chi connectivity index (χ1) is 12.2. The second-order valence-corrected chi connectivity index (χ2v) is 6.48. The van der Waals surface area contributed by atoms with Crippen molar-refractivity contribution in [2.75, 3.05) is 19.0 Å². The van der Waals surface area contributed by atoms with Gasteiger partial charge >= 0.3 is 0 Å². The van der Waals surface area contributed by atoms with E-state index in [2.05, 4.69) is 22.8 Å². The van der Waals surface area contributed by atoms with Gasteiger partial charge in [0.05, 0.1) is 19.8 Å². The Labute approximate surface area is 154 Å².